The van der Waals surface area contributed by atoms with Gasteiger partial charge in [-0.15, -0.1) is 0 Å². The summed E-state index contributed by atoms with van der Waals surface area (Å²) in [7, 11) is 1.39. The molecule has 7 nitrogen and oxygen atoms in total. The third-order valence-electron chi connectivity index (χ3n) is 6.83. The number of carbonyl (C=O) groups excluding carboxylic acids is 1. The lowest BCUT2D eigenvalue weighted by atomic mass is 10.1. The number of esters is 1. The molecule has 0 spiro atoms. The molecule has 0 N–H and O–H groups in total. The molecule has 0 bridgehead atoms. The van der Waals surface area contributed by atoms with E-state index in [1.165, 1.54) is 7.11 Å². The van der Waals surface area contributed by atoms with Gasteiger partial charge in [0, 0.05) is 23.9 Å². The molecule has 0 aliphatic carbocycles. The number of aryl methyl sites for hydroxylation is 2. The van der Waals surface area contributed by atoms with Crippen molar-refractivity contribution in [2.75, 3.05) is 7.11 Å². The summed E-state index contributed by atoms with van der Waals surface area (Å²) >= 11 is 0. The van der Waals surface area contributed by atoms with Crippen molar-refractivity contribution in [1.82, 2.24) is 18.5 Å². The van der Waals surface area contributed by atoms with Crippen LogP contribution in [0.25, 0.3) is 38.7 Å². The van der Waals surface area contributed by atoms with Crippen molar-refractivity contribution in [1.29, 1.82) is 0 Å². The van der Waals surface area contributed by atoms with E-state index in [-0.39, 0.29) is 11.5 Å². The lowest BCUT2D eigenvalue weighted by molar-refractivity contribution is 0.0601. The van der Waals surface area contributed by atoms with Crippen molar-refractivity contribution in [2.45, 2.75) is 59.5 Å². The normalized spacial score (nSPS) is 12.0. The monoisotopic (exact) mass is 472 g/mol. The topological polar surface area (TPSA) is 70.5 Å². The Morgan fingerprint density at radius 2 is 1.77 bits per heavy atom. The zero-order chi connectivity index (χ0) is 24.7. The summed E-state index contributed by atoms with van der Waals surface area (Å²) in [6, 6.07) is 13.3. The van der Waals surface area contributed by atoms with Gasteiger partial charge in [-0.3, -0.25) is 13.8 Å². The third-order valence-corrected chi connectivity index (χ3v) is 6.83. The van der Waals surface area contributed by atoms with Crippen molar-refractivity contribution in [3.63, 3.8) is 0 Å². The highest BCUT2D eigenvalue weighted by molar-refractivity contribution is 6.05. The summed E-state index contributed by atoms with van der Waals surface area (Å²) in [4.78, 5) is 31.2. The van der Waals surface area contributed by atoms with Crippen molar-refractivity contribution >= 4 is 44.7 Å². The second kappa shape index (κ2) is 9.21. The largest absolute Gasteiger partial charge is 0.465 e. The van der Waals surface area contributed by atoms with E-state index < -0.39 is 0 Å². The maximum absolute atomic E-state index is 13.7. The predicted octanol–water partition coefficient (Wildman–Crippen LogP) is 5.78. The van der Waals surface area contributed by atoms with Gasteiger partial charge >= 0.3 is 5.97 Å². The minimum atomic E-state index is -0.384. The first-order valence-electron chi connectivity index (χ1n) is 12.5. The Balaban J connectivity index is 1.93. The standard InChI is InChI=1S/C28H32N4O3/c1-5-6-9-15-31-25-24(20-10-7-8-11-21(20)26(31)33)29-28-30(16-14-18(2)3)22-13-12-19(27(34)35-4)17-23(22)32(25)28/h7-8,10-13,17-18H,5-6,9,14-16H2,1-4H3. The molecule has 0 fully saturated rings. The summed E-state index contributed by atoms with van der Waals surface area (Å²) in [5, 5.41) is 1.54. The van der Waals surface area contributed by atoms with E-state index in [4.69, 9.17) is 9.72 Å². The van der Waals surface area contributed by atoms with Crippen LogP contribution < -0.4 is 5.56 Å². The fourth-order valence-corrected chi connectivity index (χ4v) is 4.97. The minimum absolute atomic E-state index is 0.00166. The summed E-state index contributed by atoms with van der Waals surface area (Å²) in [5.74, 6) is 0.933. The number of imidazole rings is 2. The van der Waals surface area contributed by atoms with E-state index in [9.17, 15) is 9.59 Å². The van der Waals surface area contributed by atoms with E-state index in [0.717, 1.165) is 65.6 Å². The zero-order valence-corrected chi connectivity index (χ0v) is 20.9. The number of benzene rings is 2. The van der Waals surface area contributed by atoms with Gasteiger partial charge in [-0.1, -0.05) is 51.8 Å². The number of rotatable bonds is 8. The number of pyridine rings is 1. The van der Waals surface area contributed by atoms with Gasteiger partial charge in [-0.25, -0.2) is 9.78 Å². The number of unbranched alkanes of at least 4 members (excludes halogenated alkanes) is 2. The Hall–Kier alpha value is -3.61. The summed E-state index contributed by atoms with van der Waals surface area (Å²) in [5.41, 5.74) is 3.92. The van der Waals surface area contributed by atoms with Gasteiger partial charge in [0.1, 0.15) is 11.2 Å². The van der Waals surface area contributed by atoms with Gasteiger partial charge in [0.2, 0.25) is 5.78 Å². The van der Waals surface area contributed by atoms with Crippen molar-refractivity contribution in [3.05, 3.63) is 58.4 Å². The van der Waals surface area contributed by atoms with Crippen molar-refractivity contribution in [3.8, 4) is 0 Å². The highest BCUT2D eigenvalue weighted by atomic mass is 16.5. The number of methoxy groups -OCH3 is 1. The van der Waals surface area contributed by atoms with Gasteiger partial charge in [0.15, 0.2) is 0 Å². The smallest absolute Gasteiger partial charge is 0.337 e. The molecule has 0 saturated carbocycles. The van der Waals surface area contributed by atoms with Gasteiger partial charge in [0.05, 0.1) is 23.7 Å². The van der Waals surface area contributed by atoms with Crippen LogP contribution in [-0.2, 0) is 17.8 Å². The fourth-order valence-electron chi connectivity index (χ4n) is 4.97. The molecule has 3 aromatic heterocycles. The molecular formula is C28H32N4O3. The van der Waals surface area contributed by atoms with Crippen LogP contribution in [0.1, 0.15) is 56.8 Å². The first-order chi connectivity index (χ1) is 17.0. The van der Waals surface area contributed by atoms with Crippen molar-refractivity contribution < 1.29 is 9.53 Å². The minimum Gasteiger partial charge on any atom is -0.465 e. The number of nitrogens with zero attached hydrogens (tertiary/aromatic N) is 4. The number of ether oxygens (including phenoxy) is 1. The molecule has 0 unspecified atom stereocenters. The second-order valence-corrected chi connectivity index (χ2v) is 9.66. The Kier molecular flexibility index (Phi) is 6.09. The van der Waals surface area contributed by atoms with Crippen LogP contribution in [0.3, 0.4) is 0 Å². The molecular weight excluding hydrogens is 440 g/mol. The lowest BCUT2D eigenvalue weighted by Crippen LogP contribution is -2.21. The van der Waals surface area contributed by atoms with Gasteiger partial charge in [-0.05, 0) is 43.0 Å². The third kappa shape index (κ3) is 3.79. The number of hydrogen-bond acceptors (Lipinski definition) is 4. The van der Waals surface area contributed by atoms with E-state index in [0.29, 0.717) is 23.4 Å². The summed E-state index contributed by atoms with van der Waals surface area (Å²) in [6.07, 6.45) is 4.03. The first kappa shape index (κ1) is 23.1. The van der Waals surface area contributed by atoms with Crippen LogP contribution in [0.5, 0.6) is 0 Å². The molecule has 2 aromatic carbocycles. The summed E-state index contributed by atoms with van der Waals surface area (Å²) in [6.45, 7) is 7.99. The SMILES string of the molecule is CCCCCn1c(=O)c2ccccc2c2nc3n(CCC(C)C)c4ccc(C(=O)OC)cc4n3c21. The van der Waals surface area contributed by atoms with Crippen LogP contribution in [0, 0.1) is 5.92 Å². The second-order valence-electron chi connectivity index (χ2n) is 9.66. The molecule has 3 heterocycles. The number of aromatic nitrogens is 4. The molecule has 5 aromatic rings. The average Bonchev–Trinajstić information content (AvgIpc) is 3.39. The van der Waals surface area contributed by atoms with Gasteiger partial charge in [0.25, 0.3) is 5.56 Å². The van der Waals surface area contributed by atoms with Gasteiger partial charge in [-0.2, -0.15) is 0 Å². The van der Waals surface area contributed by atoms with E-state index >= 15 is 0 Å². The Morgan fingerprint density at radius 3 is 2.49 bits per heavy atom. The molecule has 7 heteroatoms. The molecule has 182 valence electrons. The molecule has 5 rings (SSSR count). The van der Waals surface area contributed by atoms with E-state index in [1.54, 1.807) is 6.07 Å². The highest BCUT2D eigenvalue weighted by Crippen LogP contribution is 2.31. The maximum atomic E-state index is 13.7. The lowest BCUT2D eigenvalue weighted by Gasteiger charge is -2.11. The highest BCUT2D eigenvalue weighted by Gasteiger charge is 2.22. The molecule has 0 amide bonds. The first-order valence-corrected chi connectivity index (χ1v) is 12.5. The number of hydrogen-bond donors (Lipinski definition) is 0. The average molecular weight is 473 g/mol. The van der Waals surface area contributed by atoms with Crippen LogP contribution in [-0.4, -0.2) is 31.6 Å². The molecule has 35 heavy (non-hydrogen) atoms. The van der Waals surface area contributed by atoms with Crippen LogP contribution in [0.4, 0.5) is 0 Å². The van der Waals surface area contributed by atoms with Crippen LogP contribution >= 0.6 is 0 Å². The van der Waals surface area contributed by atoms with E-state index in [2.05, 4.69) is 29.7 Å². The molecule has 0 radical (unpaired) electrons. The Labute approximate surface area is 203 Å². The molecule has 0 atom stereocenters. The van der Waals surface area contributed by atoms with E-state index in [1.807, 2.05) is 41.0 Å². The fraction of sp³-hybridized carbons (Fsp3) is 0.393. The van der Waals surface area contributed by atoms with Crippen LogP contribution in [0.15, 0.2) is 47.3 Å². The molecule has 0 saturated heterocycles. The molecule has 0 aliphatic heterocycles. The van der Waals surface area contributed by atoms with Gasteiger partial charge < -0.3 is 9.30 Å². The Bertz CT molecular complexity index is 1620. The summed E-state index contributed by atoms with van der Waals surface area (Å²) < 4.78 is 11.2. The predicted molar refractivity (Wildman–Crippen MR) is 140 cm³/mol. The Morgan fingerprint density at radius 1 is 1.00 bits per heavy atom. The zero-order valence-electron chi connectivity index (χ0n) is 20.9. The number of carbonyl (C=O) groups is 1. The number of fused-ring (bicyclic) bond motifs is 7. The van der Waals surface area contributed by atoms with Crippen LogP contribution in [0.2, 0.25) is 0 Å². The maximum Gasteiger partial charge on any atom is 0.337 e. The quantitative estimate of drug-likeness (QED) is 0.212. The van der Waals surface area contributed by atoms with Crippen molar-refractivity contribution in [2.24, 2.45) is 5.92 Å². The molecule has 0 aliphatic rings.